The number of hydrogen-bond donors (Lipinski definition) is 1. The summed E-state index contributed by atoms with van der Waals surface area (Å²) >= 11 is 13.3. The first kappa shape index (κ1) is 17.4. The number of carboxylic acid groups (broad SMARTS) is 1. The van der Waals surface area contributed by atoms with Crippen LogP contribution >= 0.6 is 35.0 Å². The van der Waals surface area contributed by atoms with E-state index < -0.39 is 12.1 Å². The first-order chi connectivity index (χ1) is 10.5. The highest BCUT2D eigenvalue weighted by molar-refractivity contribution is 8.00. The van der Waals surface area contributed by atoms with Gasteiger partial charge in [-0.3, -0.25) is 9.59 Å². The fourth-order valence-corrected chi connectivity index (χ4v) is 3.48. The molecule has 1 aromatic carbocycles. The molecule has 5 nitrogen and oxygen atoms in total. The van der Waals surface area contributed by atoms with Crippen molar-refractivity contribution in [3.63, 3.8) is 0 Å². The van der Waals surface area contributed by atoms with Crippen molar-refractivity contribution in [1.82, 2.24) is 4.90 Å². The Kier molecular flexibility index (Phi) is 6.37. The minimum atomic E-state index is -0.931. The number of carbonyl (C=O) groups excluding carboxylic acids is 1. The molecule has 0 bridgehead atoms. The van der Waals surface area contributed by atoms with E-state index in [0.29, 0.717) is 29.7 Å². The van der Waals surface area contributed by atoms with Gasteiger partial charge in [-0.05, 0) is 18.2 Å². The molecule has 0 saturated carbocycles. The molecule has 1 amide bonds. The summed E-state index contributed by atoms with van der Waals surface area (Å²) in [4.78, 5) is 25.3. The molecule has 1 heterocycles. The lowest BCUT2D eigenvalue weighted by molar-refractivity contribution is -0.146. The molecule has 1 unspecified atom stereocenters. The second kappa shape index (κ2) is 8.06. The molecule has 0 radical (unpaired) electrons. The molecule has 120 valence electrons. The van der Waals surface area contributed by atoms with Gasteiger partial charge in [-0.15, -0.1) is 11.8 Å². The molecule has 0 spiro atoms. The number of nitrogens with zero attached hydrogens (tertiary/aromatic N) is 1. The van der Waals surface area contributed by atoms with Gasteiger partial charge in [-0.25, -0.2) is 0 Å². The van der Waals surface area contributed by atoms with Gasteiger partial charge in [0.1, 0.15) is 0 Å². The number of hydrogen-bond acceptors (Lipinski definition) is 4. The number of carbonyl (C=O) groups is 2. The number of aliphatic carboxylic acids is 1. The van der Waals surface area contributed by atoms with Crippen molar-refractivity contribution in [1.29, 1.82) is 0 Å². The highest BCUT2D eigenvalue weighted by atomic mass is 35.5. The second-order valence-electron chi connectivity index (χ2n) is 4.79. The lowest BCUT2D eigenvalue weighted by Crippen LogP contribution is -2.46. The molecule has 8 heteroatoms. The van der Waals surface area contributed by atoms with Crippen LogP contribution in [0.25, 0.3) is 0 Å². The fourth-order valence-electron chi connectivity index (χ4n) is 2.08. The highest BCUT2D eigenvalue weighted by Gasteiger charge is 2.25. The van der Waals surface area contributed by atoms with Crippen molar-refractivity contribution in [3.8, 4) is 0 Å². The zero-order valence-electron chi connectivity index (χ0n) is 11.6. The quantitative estimate of drug-likeness (QED) is 0.814. The molecule has 1 fully saturated rings. The molecule has 0 aromatic heterocycles. The summed E-state index contributed by atoms with van der Waals surface area (Å²) in [5.74, 6) is -0.779. The van der Waals surface area contributed by atoms with Crippen LogP contribution in [0.4, 0.5) is 0 Å². The van der Waals surface area contributed by atoms with Gasteiger partial charge < -0.3 is 14.7 Å². The zero-order valence-corrected chi connectivity index (χ0v) is 14.0. The number of rotatable bonds is 5. The van der Waals surface area contributed by atoms with E-state index in [0.717, 1.165) is 4.90 Å². The van der Waals surface area contributed by atoms with Crippen LogP contribution in [0.3, 0.4) is 0 Å². The van der Waals surface area contributed by atoms with E-state index in [1.54, 1.807) is 23.1 Å². The zero-order chi connectivity index (χ0) is 16.1. The molecule has 22 heavy (non-hydrogen) atoms. The number of ether oxygens (including phenoxy) is 1. The van der Waals surface area contributed by atoms with Crippen molar-refractivity contribution in [3.05, 3.63) is 28.2 Å². The number of morpholine rings is 1. The molecule has 1 aliphatic heterocycles. The summed E-state index contributed by atoms with van der Waals surface area (Å²) in [7, 11) is 0. The molecular formula is C14H15Cl2NO4S. The Hall–Kier alpha value is -0.950. The number of carboxylic acids is 1. The minimum Gasteiger partial charge on any atom is -0.481 e. The van der Waals surface area contributed by atoms with E-state index in [9.17, 15) is 9.59 Å². The largest absolute Gasteiger partial charge is 0.481 e. The van der Waals surface area contributed by atoms with Gasteiger partial charge in [0.15, 0.2) is 0 Å². The predicted octanol–water partition coefficient (Wildman–Crippen LogP) is 2.79. The summed E-state index contributed by atoms with van der Waals surface area (Å²) in [6.45, 7) is 1.13. The maximum Gasteiger partial charge on any atom is 0.306 e. The van der Waals surface area contributed by atoms with Gasteiger partial charge in [-0.1, -0.05) is 23.2 Å². The van der Waals surface area contributed by atoms with Crippen molar-refractivity contribution in [2.24, 2.45) is 0 Å². The van der Waals surface area contributed by atoms with Gasteiger partial charge in [0.25, 0.3) is 0 Å². The van der Waals surface area contributed by atoms with Gasteiger partial charge in [0.05, 0.1) is 29.9 Å². The molecule has 0 aliphatic carbocycles. The number of benzene rings is 1. The van der Waals surface area contributed by atoms with Crippen molar-refractivity contribution < 1.29 is 19.4 Å². The third-order valence-electron chi connectivity index (χ3n) is 3.14. The molecule has 1 N–H and O–H groups in total. The molecular weight excluding hydrogens is 349 g/mol. The summed E-state index contributed by atoms with van der Waals surface area (Å²) in [6.07, 6.45) is -0.549. The van der Waals surface area contributed by atoms with Crippen molar-refractivity contribution >= 4 is 46.8 Å². The van der Waals surface area contributed by atoms with E-state index in [1.165, 1.54) is 11.8 Å². The molecule has 2 rings (SSSR count). The lowest BCUT2D eigenvalue weighted by atomic mass is 10.2. The van der Waals surface area contributed by atoms with Crippen LogP contribution in [0.1, 0.15) is 6.42 Å². The smallest absolute Gasteiger partial charge is 0.306 e. The topological polar surface area (TPSA) is 66.8 Å². The van der Waals surface area contributed by atoms with E-state index in [-0.39, 0.29) is 18.1 Å². The number of halogens is 2. The van der Waals surface area contributed by atoms with Crippen LogP contribution in [-0.4, -0.2) is 53.4 Å². The monoisotopic (exact) mass is 363 g/mol. The Balaban J connectivity index is 1.89. The molecule has 1 aliphatic rings. The Bertz CT molecular complexity index is 570. The van der Waals surface area contributed by atoms with E-state index in [1.807, 2.05) is 0 Å². The predicted molar refractivity (Wildman–Crippen MR) is 85.8 cm³/mol. The van der Waals surface area contributed by atoms with Crippen LogP contribution < -0.4 is 0 Å². The maximum atomic E-state index is 12.2. The lowest BCUT2D eigenvalue weighted by Gasteiger charge is -2.32. The minimum absolute atomic E-state index is 0.0697. The van der Waals surface area contributed by atoms with E-state index in [2.05, 4.69) is 0 Å². The summed E-state index contributed by atoms with van der Waals surface area (Å²) < 4.78 is 5.35. The van der Waals surface area contributed by atoms with Crippen molar-refractivity contribution in [2.75, 3.05) is 25.4 Å². The van der Waals surface area contributed by atoms with Crippen LogP contribution in [-0.2, 0) is 14.3 Å². The van der Waals surface area contributed by atoms with Gasteiger partial charge in [0, 0.05) is 23.0 Å². The third-order valence-corrected chi connectivity index (χ3v) is 4.85. The van der Waals surface area contributed by atoms with E-state index >= 15 is 0 Å². The van der Waals surface area contributed by atoms with Gasteiger partial charge >= 0.3 is 5.97 Å². The van der Waals surface area contributed by atoms with Crippen LogP contribution in [0.5, 0.6) is 0 Å². The Morgan fingerprint density at radius 1 is 1.41 bits per heavy atom. The second-order valence-corrected chi connectivity index (χ2v) is 6.65. The average Bonchev–Trinajstić information content (AvgIpc) is 2.47. The average molecular weight is 364 g/mol. The number of thioether (sulfide) groups is 1. The summed E-state index contributed by atoms with van der Waals surface area (Å²) in [6, 6.07) is 5.09. The Labute approximate surface area is 142 Å². The normalized spacial score (nSPS) is 18.3. The SMILES string of the molecule is O=C(O)CC1CN(C(=O)CSc2cc(Cl)ccc2Cl)CCO1. The van der Waals surface area contributed by atoms with Gasteiger partial charge in [0.2, 0.25) is 5.91 Å². The number of amides is 1. The summed E-state index contributed by atoms with van der Waals surface area (Å²) in [5, 5.41) is 9.90. The molecule has 1 atom stereocenters. The third kappa shape index (κ3) is 5.05. The standard InChI is InChI=1S/C14H15Cl2NO4S/c15-9-1-2-11(16)12(5-9)22-8-13(18)17-3-4-21-10(7-17)6-14(19)20/h1-2,5,10H,3-4,6-8H2,(H,19,20). The highest BCUT2D eigenvalue weighted by Crippen LogP contribution is 2.30. The van der Waals surface area contributed by atoms with Crippen LogP contribution in [0.2, 0.25) is 10.0 Å². The first-order valence-electron chi connectivity index (χ1n) is 6.64. The first-order valence-corrected chi connectivity index (χ1v) is 8.39. The van der Waals surface area contributed by atoms with Crippen molar-refractivity contribution in [2.45, 2.75) is 17.4 Å². The molecule has 1 saturated heterocycles. The van der Waals surface area contributed by atoms with Crippen LogP contribution in [0.15, 0.2) is 23.1 Å². The van der Waals surface area contributed by atoms with Crippen LogP contribution in [0, 0.1) is 0 Å². The maximum absolute atomic E-state index is 12.2. The Morgan fingerprint density at radius 2 is 2.18 bits per heavy atom. The molecule has 1 aromatic rings. The van der Waals surface area contributed by atoms with Gasteiger partial charge in [-0.2, -0.15) is 0 Å². The Morgan fingerprint density at radius 3 is 2.91 bits per heavy atom. The fraction of sp³-hybridized carbons (Fsp3) is 0.429. The summed E-state index contributed by atoms with van der Waals surface area (Å²) in [5.41, 5.74) is 0. The van der Waals surface area contributed by atoms with E-state index in [4.69, 9.17) is 33.0 Å².